The Morgan fingerprint density at radius 2 is 1.94 bits per heavy atom. The Bertz CT molecular complexity index is 433. The molecule has 0 saturated carbocycles. The highest BCUT2D eigenvalue weighted by Gasteiger charge is 2.23. The predicted molar refractivity (Wildman–Crippen MR) is 64.5 cm³/mol. The molecule has 0 radical (unpaired) electrons. The van der Waals surface area contributed by atoms with Gasteiger partial charge in [0.25, 0.3) is 5.78 Å². The van der Waals surface area contributed by atoms with Gasteiger partial charge in [0.2, 0.25) is 0 Å². The summed E-state index contributed by atoms with van der Waals surface area (Å²) >= 11 is 0. The molecule has 0 bridgehead atoms. The van der Waals surface area contributed by atoms with Gasteiger partial charge in [-0.25, -0.2) is 4.79 Å². The molecule has 0 spiro atoms. The van der Waals surface area contributed by atoms with Gasteiger partial charge in [-0.3, -0.25) is 4.79 Å². The van der Waals surface area contributed by atoms with Crippen molar-refractivity contribution in [3.05, 3.63) is 35.4 Å². The summed E-state index contributed by atoms with van der Waals surface area (Å²) in [6.45, 7) is 5.48. The second-order valence-electron chi connectivity index (χ2n) is 4.74. The molecule has 1 rings (SSSR count). The van der Waals surface area contributed by atoms with Crippen molar-refractivity contribution in [2.24, 2.45) is 5.73 Å². The second kappa shape index (κ2) is 5.10. The number of carbonyl (C=O) groups is 2. The Labute approximate surface area is 101 Å². The lowest BCUT2D eigenvalue weighted by Crippen LogP contribution is -2.29. The van der Waals surface area contributed by atoms with E-state index in [9.17, 15) is 9.59 Å². The van der Waals surface area contributed by atoms with Crippen LogP contribution in [0.25, 0.3) is 0 Å². The fourth-order valence-corrected chi connectivity index (χ4v) is 1.28. The number of benzene rings is 1. The topological polar surface area (TPSA) is 69.4 Å². The van der Waals surface area contributed by atoms with Gasteiger partial charge in [-0.05, 0) is 32.4 Å². The number of hydrogen-bond donors (Lipinski definition) is 1. The van der Waals surface area contributed by atoms with Crippen molar-refractivity contribution in [2.75, 3.05) is 0 Å². The van der Waals surface area contributed by atoms with Gasteiger partial charge in [-0.15, -0.1) is 0 Å². The first kappa shape index (κ1) is 13.4. The number of Topliss-reactive ketones (excluding diaryl/α,β-unsaturated/α-hetero) is 1. The summed E-state index contributed by atoms with van der Waals surface area (Å²) in [6.07, 6.45) is 0. The predicted octanol–water partition coefficient (Wildman–Crippen LogP) is 1.67. The van der Waals surface area contributed by atoms with Gasteiger partial charge in [0.1, 0.15) is 5.60 Å². The highest BCUT2D eigenvalue weighted by Crippen LogP contribution is 2.11. The standard InChI is InChI=1S/C13H17NO3/c1-13(2,3)17-12(16)11(15)10-6-4-5-9(7-10)8-14/h4-7H,8,14H2,1-3H3. The molecular weight excluding hydrogens is 218 g/mol. The first-order chi connectivity index (χ1) is 7.83. The number of ketones is 1. The van der Waals surface area contributed by atoms with E-state index in [0.29, 0.717) is 12.1 Å². The van der Waals surface area contributed by atoms with E-state index in [2.05, 4.69) is 0 Å². The number of rotatable bonds is 3. The van der Waals surface area contributed by atoms with Gasteiger partial charge in [0.15, 0.2) is 0 Å². The van der Waals surface area contributed by atoms with E-state index < -0.39 is 17.4 Å². The maximum Gasteiger partial charge on any atom is 0.380 e. The van der Waals surface area contributed by atoms with Gasteiger partial charge in [-0.2, -0.15) is 0 Å². The molecule has 0 aliphatic carbocycles. The first-order valence-corrected chi connectivity index (χ1v) is 5.40. The minimum absolute atomic E-state index is 0.308. The molecule has 0 aliphatic rings. The molecule has 0 amide bonds. The number of esters is 1. The van der Waals surface area contributed by atoms with Crippen molar-refractivity contribution in [3.8, 4) is 0 Å². The minimum Gasteiger partial charge on any atom is -0.454 e. The zero-order chi connectivity index (χ0) is 13.1. The van der Waals surface area contributed by atoms with E-state index in [-0.39, 0.29) is 0 Å². The monoisotopic (exact) mass is 235 g/mol. The summed E-state index contributed by atoms with van der Waals surface area (Å²) < 4.78 is 5.01. The number of ether oxygens (including phenoxy) is 1. The van der Waals surface area contributed by atoms with Crippen LogP contribution in [0.15, 0.2) is 24.3 Å². The Balaban J connectivity index is 2.85. The molecule has 4 heteroatoms. The van der Waals surface area contributed by atoms with Crippen molar-refractivity contribution in [1.29, 1.82) is 0 Å². The van der Waals surface area contributed by atoms with E-state index in [4.69, 9.17) is 10.5 Å². The van der Waals surface area contributed by atoms with E-state index in [1.807, 2.05) is 0 Å². The summed E-state index contributed by atoms with van der Waals surface area (Å²) in [7, 11) is 0. The van der Waals surface area contributed by atoms with Crippen LogP contribution in [-0.4, -0.2) is 17.4 Å². The van der Waals surface area contributed by atoms with Crippen molar-refractivity contribution in [1.82, 2.24) is 0 Å². The van der Waals surface area contributed by atoms with E-state index in [0.717, 1.165) is 5.56 Å². The van der Waals surface area contributed by atoms with Crippen LogP contribution >= 0.6 is 0 Å². The molecule has 17 heavy (non-hydrogen) atoms. The SMILES string of the molecule is CC(C)(C)OC(=O)C(=O)c1cccc(CN)c1. The highest BCUT2D eigenvalue weighted by atomic mass is 16.6. The van der Waals surface area contributed by atoms with Crippen molar-refractivity contribution in [2.45, 2.75) is 32.9 Å². The van der Waals surface area contributed by atoms with Crippen LogP contribution in [0, 0.1) is 0 Å². The van der Waals surface area contributed by atoms with Crippen LogP contribution in [0.3, 0.4) is 0 Å². The first-order valence-electron chi connectivity index (χ1n) is 5.40. The number of nitrogens with two attached hydrogens (primary N) is 1. The van der Waals surface area contributed by atoms with Crippen LogP contribution in [0.5, 0.6) is 0 Å². The van der Waals surface area contributed by atoms with Gasteiger partial charge < -0.3 is 10.5 Å². The van der Waals surface area contributed by atoms with Crippen LogP contribution in [0.4, 0.5) is 0 Å². The quantitative estimate of drug-likeness (QED) is 0.491. The van der Waals surface area contributed by atoms with Crippen LogP contribution in [0.2, 0.25) is 0 Å². The molecule has 1 aromatic carbocycles. The van der Waals surface area contributed by atoms with Crippen molar-refractivity contribution < 1.29 is 14.3 Å². The van der Waals surface area contributed by atoms with E-state index in [1.54, 1.807) is 45.0 Å². The lowest BCUT2D eigenvalue weighted by molar-refractivity contribution is -0.148. The van der Waals surface area contributed by atoms with Crippen LogP contribution in [-0.2, 0) is 16.1 Å². The molecule has 0 unspecified atom stereocenters. The largest absolute Gasteiger partial charge is 0.454 e. The molecule has 2 N–H and O–H groups in total. The molecule has 92 valence electrons. The van der Waals surface area contributed by atoms with Crippen LogP contribution < -0.4 is 5.73 Å². The number of carbonyl (C=O) groups excluding carboxylic acids is 2. The fraction of sp³-hybridized carbons (Fsp3) is 0.385. The van der Waals surface area contributed by atoms with Gasteiger partial charge >= 0.3 is 5.97 Å². The fourth-order valence-electron chi connectivity index (χ4n) is 1.28. The Morgan fingerprint density at radius 3 is 2.47 bits per heavy atom. The summed E-state index contributed by atoms with van der Waals surface area (Å²) in [5.41, 5.74) is 5.91. The third-order valence-electron chi connectivity index (χ3n) is 2.01. The summed E-state index contributed by atoms with van der Waals surface area (Å²) in [5.74, 6) is -1.48. The van der Waals surface area contributed by atoms with Gasteiger partial charge in [0.05, 0.1) is 0 Å². The number of hydrogen-bond acceptors (Lipinski definition) is 4. The Hall–Kier alpha value is -1.68. The summed E-state index contributed by atoms with van der Waals surface area (Å²) in [5, 5.41) is 0. The van der Waals surface area contributed by atoms with Crippen molar-refractivity contribution in [3.63, 3.8) is 0 Å². The maximum atomic E-state index is 11.8. The molecule has 0 aromatic heterocycles. The third kappa shape index (κ3) is 4.00. The average Bonchev–Trinajstić information content (AvgIpc) is 2.26. The van der Waals surface area contributed by atoms with E-state index in [1.165, 1.54) is 0 Å². The zero-order valence-corrected chi connectivity index (χ0v) is 10.3. The molecule has 0 atom stereocenters. The van der Waals surface area contributed by atoms with Crippen LogP contribution in [0.1, 0.15) is 36.7 Å². The second-order valence-corrected chi connectivity index (χ2v) is 4.74. The maximum absolute atomic E-state index is 11.8. The molecule has 0 saturated heterocycles. The summed E-state index contributed by atoms with van der Waals surface area (Å²) in [6, 6.07) is 6.67. The average molecular weight is 235 g/mol. The van der Waals surface area contributed by atoms with Gasteiger partial charge in [-0.1, -0.05) is 18.2 Å². The Kier molecular flexibility index (Phi) is 4.02. The van der Waals surface area contributed by atoms with E-state index >= 15 is 0 Å². The summed E-state index contributed by atoms with van der Waals surface area (Å²) in [4.78, 5) is 23.3. The molecular formula is C13H17NO3. The normalized spacial score (nSPS) is 11.1. The molecule has 0 heterocycles. The molecule has 0 aliphatic heterocycles. The molecule has 1 aromatic rings. The molecule has 0 fully saturated rings. The minimum atomic E-state index is -0.841. The van der Waals surface area contributed by atoms with Gasteiger partial charge in [0, 0.05) is 12.1 Å². The van der Waals surface area contributed by atoms with Crippen molar-refractivity contribution >= 4 is 11.8 Å². The molecule has 4 nitrogen and oxygen atoms in total. The Morgan fingerprint density at radius 1 is 1.29 bits per heavy atom. The highest BCUT2D eigenvalue weighted by molar-refractivity contribution is 6.40. The zero-order valence-electron chi connectivity index (χ0n) is 10.3. The lowest BCUT2D eigenvalue weighted by Gasteiger charge is -2.18. The lowest BCUT2D eigenvalue weighted by atomic mass is 10.1. The third-order valence-corrected chi connectivity index (χ3v) is 2.01. The smallest absolute Gasteiger partial charge is 0.380 e.